The standard InChI is InChI=1S/C12H18N2O5S2/c1-19-12-5-4-9(7-11(12)13)21(17,18)14-8-10-3-2-6-20(10,15)16/h4-5,7,10,14H,2-3,6,8,13H2,1H3. The van der Waals surface area contributed by atoms with Crippen molar-refractivity contribution in [1.82, 2.24) is 4.72 Å². The Hall–Kier alpha value is -1.32. The number of benzene rings is 1. The smallest absolute Gasteiger partial charge is 0.240 e. The molecule has 21 heavy (non-hydrogen) atoms. The lowest BCUT2D eigenvalue weighted by molar-refractivity contribution is 0.416. The summed E-state index contributed by atoms with van der Waals surface area (Å²) in [5, 5.41) is -0.650. The normalized spacial score (nSPS) is 21.3. The molecule has 0 spiro atoms. The average Bonchev–Trinajstić information content (AvgIpc) is 2.75. The summed E-state index contributed by atoms with van der Waals surface area (Å²) >= 11 is 0. The molecule has 1 saturated heterocycles. The van der Waals surface area contributed by atoms with E-state index < -0.39 is 25.1 Å². The van der Waals surface area contributed by atoms with Gasteiger partial charge >= 0.3 is 0 Å². The number of nitrogens with one attached hydrogen (secondary N) is 1. The Bertz CT molecular complexity index is 728. The number of methoxy groups -OCH3 is 1. The Labute approximate surface area is 124 Å². The van der Waals surface area contributed by atoms with Crippen molar-refractivity contribution in [1.29, 1.82) is 0 Å². The zero-order valence-corrected chi connectivity index (χ0v) is 13.2. The maximum atomic E-state index is 12.1. The van der Waals surface area contributed by atoms with Crippen molar-refractivity contribution in [2.24, 2.45) is 0 Å². The Morgan fingerprint density at radius 1 is 1.43 bits per heavy atom. The van der Waals surface area contributed by atoms with Crippen LogP contribution in [0.5, 0.6) is 5.75 Å². The number of hydrogen-bond donors (Lipinski definition) is 2. The summed E-state index contributed by atoms with van der Waals surface area (Å²) in [6.07, 6.45) is 1.06. The van der Waals surface area contributed by atoms with Crippen LogP contribution in [0.2, 0.25) is 0 Å². The molecular weight excluding hydrogens is 316 g/mol. The molecule has 0 amide bonds. The lowest BCUT2D eigenvalue weighted by Gasteiger charge is -2.12. The summed E-state index contributed by atoms with van der Waals surface area (Å²) in [4.78, 5) is -0.0174. The number of hydrogen-bond acceptors (Lipinski definition) is 6. The van der Waals surface area contributed by atoms with Gasteiger partial charge in [0, 0.05) is 6.54 Å². The Kier molecular flexibility index (Phi) is 4.45. The average molecular weight is 334 g/mol. The molecular formula is C12H18N2O5S2. The molecule has 1 unspecified atom stereocenters. The first-order valence-corrected chi connectivity index (χ1v) is 9.61. The molecule has 0 aromatic heterocycles. The topological polar surface area (TPSA) is 116 Å². The highest BCUT2D eigenvalue weighted by Crippen LogP contribution is 2.25. The van der Waals surface area contributed by atoms with Crippen molar-refractivity contribution >= 4 is 25.5 Å². The molecule has 0 radical (unpaired) electrons. The predicted octanol–water partition coefficient (Wildman–Crippen LogP) is 0.133. The van der Waals surface area contributed by atoms with E-state index >= 15 is 0 Å². The third-order valence-corrected chi connectivity index (χ3v) is 7.17. The van der Waals surface area contributed by atoms with Crippen molar-refractivity contribution in [3.63, 3.8) is 0 Å². The molecule has 1 fully saturated rings. The fraction of sp³-hybridized carbons (Fsp3) is 0.500. The third-order valence-electron chi connectivity index (χ3n) is 3.48. The molecule has 1 aliphatic heterocycles. The lowest BCUT2D eigenvalue weighted by atomic mass is 10.2. The monoisotopic (exact) mass is 334 g/mol. The van der Waals surface area contributed by atoms with Crippen LogP contribution in [0.15, 0.2) is 23.1 Å². The number of sulfonamides is 1. The van der Waals surface area contributed by atoms with Crippen LogP contribution >= 0.6 is 0 Å². The Balaban J connectivity index is 2.14. The van der Waals surface area contributed by atoms with Crippen molar-refractivity contribution in [3.8, 4) is 5.75 Å². The van der Waals surface area contributed by atoms with E-state index in [4.69, 9.17) is 10.5 Å². The van der Waals surface area contributed by atoms with Crippen LogP contribution in [-0.4, -0.2) is 41.5 Å². The fourth-order valence-corrected chi connectivity index (χ4v) is 5.24. The van der Waals surface area contributed by atoms with Crippen molar-refractivity contribution in [3.05, 3.63) is 18.2 Å². The summed E-state index contributed by atoms with van der Waals surface area (Å²) in [7, 11) is -5.54. The third kappa shape index (κ3) is 3.47. The molecule has 9 heteroatoms. The zero-order valence-electron chi connectivity index (χ0n) is 11.6. The van der Waals surface area contributed by atoms with Gasteiger partial charge in [-0.3, -0.25) is 0 Å². The van der Waals surface area contributed by atoms with Crippen LogP contribution in [0, 0.1) is 0 Å². The number of sulfone groups is 1. The first-order chi connectivity index (χ1) is 9.76. The zero-order chi connectivity index (χ0) is 15.7. The molecule has 7 nitrogen and oxygen atoms in total. The molecule has 118 valence electrons. The molecule has 1 atom stereocenters. The highest BCUT2D eigenvalue weighted by molar-refractivity contribution is 7.92. The molecule has 3 N–H and O–H groups in total. The van der Waals surface area contributed by atoms with E-state index in [1.807, 2.05) is 0 Å². The summed E-state index contributed by atoms with van der Waals surface area (Å²) in [5.41, 5.74) is 5.88. The second-order valence-electron chi connectivity index (χ2n) is 4.89. The number of anilines is 1. The maximum absolute atomic E-state index is 12.1. The van der Waals surface area contributed by atoms with Gasteiger partial charge in [-0.25, -0.2) is 21.6 Å². The van der Waals surface area contributed by atoms with Crippen molar-refractivity contribution < 1.29 is 21.6 Å². The summed E-state index contributed by atoms with van der Waals surface area (Å²) in [5.74, 6) is 0.502. The molecule has 2 rings (SSSR count). The van der Waals surface area contributed by atoms with E-state index in [1.54, 1.807) is 0 Å². The Morgan fingerprint density at radius 2 is 2.14 bits per heavy atom. The van der Waals surface area contributed by atoms with Gasteiger partial charge in [0.05, 0.1) is 28.7 Å². The minimum atomic E-state index is -3.80. The molecule has 0 saturated carbocycles. The quantitative estimate of drug-likeness (QED) is 0.740. The van der Waals surface area contributed by atoms with Crippen molar-refractivity contribution in [2.75, 3.05) is 25.1 Å². The lowest BCUT2D eigenvalue weighted by Crippen LogP contribution is -2.34. The molecule has 1 aliphatic rings. The van der Waals surface area contributed by atoms with E-state index in [0.29, 0.717) is 18.6 Å². The van der Waals surface area contributed by atoms with E-state index in [-0.39, 0.29) is 22.9 Å². The highest BCUT2D eigenvalue weighted by atomic mass is 32.2. The molecule has 1 aromatic carbocycles. The van der Waals surface area contributed by atoms with E-state index in [2.05, 4.69) is 4.72 Å². The van der Waals surface area contributed by atoms with Crippen LogP contribution < -0.4 is 15.2 Å². The van der Waals surface area contributed by atoms with Crippen LogP contribution in [0.3, 0.4) is 0 Å². The molecule has 0 bridgehead atoms. The summed E-state index contributed by atoms with van der Waals surface area (Å²) < 4.78 is 55.0. The van der Waals surface area contributed by atoms with Gasteiger partial charge in [0.15, 0.2) is 9.84 Å². The molecule has 0 aliphatic carbocycles. The number of nitrogen functional groups attached to an aromatic ring is 1. The second-order valence-corrected chi connectivity index (χ2v) is 9.05. The first-order valence-electron chi connectivity index (χ1n) is 6.41. The van der Waals surface area contributed by atoms with Gasteiger partial charge in [0.1, 0.15) is 5.75 Å². The van der Waals surface area contributed by atoms with Gasteiger partial charge in [0.25, 0.3) is 0 Å². The largest absolute Gasteiger partial charge is 0.495 e. The Morgan fingerprint density at radius 3 is 2.67 bits per heavy atom. The van der Waals surface area contributed by atoms with E-state index in [9.17, 15) is 16.8 Å². The minimum absolute atomic E-state index is 0.0174. The number of nitrogens with two attached hydrogens (primary N) is 1. The summed E-state index contributed by atoms with van der Waals surface area (Å²) in [6, 6.07) is 4.10. The van der Waals surface area contributed by atoms with Crippen LogP contribution in [0.25, 0.3) is 0 Å². The molecule has 1 heterocycles. The van der Waals surface area contributed by atoms with Gasteiger partial charge in [-0.05, 0) is 31.0 Å². The van der Waals surface area contributed by atoms with Gasteiger partial charge in [0.2, 0.25) is 10.0 Å². The second kappa shape index (κ2) is 5.82. The van der Waals surface area contributed by atoms with Gasteiger partial charge in [-0.1, -0.05) is 0 Å². The molecule has 1 aromatic rings. The van der Waals surface area contributed by atoms with Gasteiger partial charge in [-0.15, -0.1) is 0 Å². The van der Waals surface area contributed by atoms with Crippen LogP contribution in [-0.2, 0) is 19.9 Å². The van der Waals surface area contributed by atoms with Gasteiger partial charge in [-0.2, -0.15) is 0 Å². The fourth-order valence-electron chi connectivity index (χ4n) is 2.25. The first kappa shape index (κ1) is 16.1. The maximum Gasteiger partial charge on any atom is 0.240 e. The highest BCUT2D eigenvalue weighted by Gasteiger charge is 2.32. The SMILES string of the molecule is COc1ccc(S(=O)(=O)NCC2CCCS2(=O)=O)cc1N. The van der Waals surface area contributed by atoms with Crippen LogP contribution in [0.1, 0.15) is 12.8 Å². The number of rotatable bonds is 5. The van der Waals surface area contributed by atoms with E-state index in [0.717, 1.165) is 0 Å². The van der Waals surface area contributed by atoms with Crippen LogP contribution in [0.4, 0.5) is 5.69 Å². The van der Waals surface area contributed by atoms with Gasteiger partial charge < -0.3 is 10.5 Å². The van der Waals surface area contributed by atoms with Crippen molar-refractivity contribution in [2.45, 2.75) is 23.0 Å². The number of ether oxygens (including phenoxy) is 1. The minimum Gasteiger partial charge on any atom is -0.495 e. The predicted molar refractivity (Wildman–Crippen MR) is 79.4 cm³/mol. The summed E-state index contributed by atoms with van der Waals surface area (Å²) in [6.45, 7) is -0.114. The van der Waals surface area contributed by atoms with E-state index in [1.165, 1.54) is 25.3 Å².